The highest BCUT2D eigenvalue weighted by atomic mass is 16.5. The molecule has 2 fully saturated rings. The minimum atomic E-state index is -0.655. The number of rotatable bonds is 7. The number of hydrogen-bond acceptors (Lipinski definition) is 5. The molecule has 0 aromatic carbocycles. The molecule has 27 heavy (non-hydrogen) atoms. The van der Waals surface area contributed by atoms with Crippen molar-refractivity contribution in [2.45, 2.75) is 18.1 Å². The van der Waals surface area contributed by atoms with Crippen molar-refractivity contribution in [1.82, 2.24) is 14.8 Å². The Hall–Kier alpha value is -2.25. The zero-order chi connectivity index (χ0) is 19.0. The van der Waals surface area contributed by atoms with Crippen molar-refractivity contribution in [1.29, 1.82) is 0 Å². The molecule has 0 aliphatic carbocycles. The van der Waals surface area contributed by atoms with Crippen molar-refractivity contribution in [3.05, 3.63) is 42.2 Å². The fourth-order valence-corrected chi connectivity index (χ4v) is 4.44. The van der Waals surface area contributed by atoms with Gasteiger partial charge in [0.25, 0.3) is 0 Å². The summed E-state index contributed by atoms with van der Waals surface area (Å²) in [7, 11) is 3.40. The summed E-state index contributed by atoms with van der Waals surface area (Å²) in [6.07, 6.45) is 6.04. The van der Waals surface area contributed by atoms with Gasteiger partial charge >= 0.3 is 0 Å². The van der Waals surface area contributed by atoms with Gasteiger partial charge in [0.05, 0.1) is 31.1 Å². The van der Waals surface area contributed by atoms with Crippen LogP contribution in [0.3, 0.4) is 0 Å². The molecule has 4 atom stereocenters. The van der Waals surface area contributed by atoms with E-state index in [4.69, 9.17) is 9.47 Å². The molecule has 0 saturated carbocycles. The fourth-order valence-electron chi connectivity index (χ4n) is 4.44. The number of nitrogens with zero attached hydrogens (tertiary/aromatic N) is 3. The number of ether oxygens (including phenoxy) is 2. The monoisotopic (exact) mass is 371 g/mol. The number of carbonyl (C=O) groups excluding carboxylic acids is 2. The average Bonchev–Trinajstić information content (AvgIpc) is 3.33. The van der Waals surface area contributed by atoms with Gasteiger partial charge in [0, 0.05) is 45.6 Å². The van der Waals surface area contributed by atoms with Crippen molar-refractivity contribution in [3.63, 3.8) is 0 Å². The SMILES string of the molecule is COCCN1C[C@]23C=C[C@H](O2)[C@@H](C(=O)N(C)CCc2ccccn2)[C@H]3C1=O. The van der Waals surface area contributed by atoms with Crippen LogP contribution >= 0.6 is 0 Å². The van der Waals surface area contributed by atoms with E-state index >= 15 is 0 Å². The second-order valence-corrected chi connectivity index (χ2v) is 7.48. The first-order valence-electron chi connectivity index (χ1n) is 9.35. The number of amides is 2. The summed E-state index contributed by atoms with van der Waals surface area (Å²) in [5, 5.41) is 0. The maximum absolute atomic E-state index is 13.2. The minimum Gasteiger partial charge on any atom is -0.383 e. The number of methoxy groups -OCH3 is 1. The highest BCUT2D eigenvalue weighted by Gasteiger charge is 2.66. The molecule has 1 aromatic rings. The van der Waals surface area contributed by atoms with Gasteiger partial charge in [0.1, 0.15) is 5.60 Å². The number of carbonyl (C=O) groups is 2. The molecular formula is C20H25N3O4. The third kappa shape index (κ3) is 3.04. The molecule has 2 amide bonds. The zero-order valence-corrected chi connectivity index (χ0v) is 15.7. The maximum atomic E-state index is 13.2. The molecule has 2 bridgehead atoms. The summed E-state index contributed by atoms with van der Waals surface area (Å²) in [6, 6.07) is 5.76. The van der Waals surface area contributed by atoms with Gasteiger partial charge in [-0.15, -0.1) is 0 Å². The lowest BCUT2D eigenvalue weighted by atomic mass is 9.76. The van der Waals surface area contributed by atoms with Crippen molar-refractivity contribution < 1.29 is 19.1 Å². The summed E-state index contributed by atoms with van der Waals surface area (Å²) >= 11 is 0. The van der Waals surface area contributed by atoms with Crippen LogP contribution in [0, 0.1) is 11.8 Å². The van der Waals surface area contributed by atoms with Crippen LogP contribution in [-0.4, -0.2) is 78.7 Å². The molecule has 144 valence electrons. The third-order valence-electron chi connectivity index (χ3n) is 5.83. The Morgan fingerprint density at radius 2 is 2.33 bits per heavy atom. The van der Waals surface area contributed by atoms with E-state index in [0.717, 1.165) is 5.69 Å². The Balaban J connectivity index is 1.46. The first-order valence-corrected chi connectivity index (χ1v) is 9.35. The second kappa shape index (κ2) is 7.05. The molecule has 2 saturated heterocycles. The second-order valence-electron chi connectivity index (χ2n) is 7.48. The van der Waals surface area contributed by atoms with Crippen LogP contribution in [0.1, 0.15) is 5.69 Å². The first kappa shape index (κ1) is 18.1. The maximum Gasteiger partial charge on any atom is 0.230 e. The van der Waals surface area contributed by atoms with Crippen LogP contribution in [0.15, 0.2) is 36.5 Å². The molecule has 0 unspecified atom stereocenters. The van der Waals surface area contributed by atoms with Crippen molar-refractivity contribution in [2.75, 3.05) is 40.4 Å². The fraction of sp³-hybridized carbons (Fsp3) is 0.550. The highest BCUT2D eigenvalue weighted by Crippen LogP contribution is 2.52. The van der Waals surface area contributed by atoms with Gasteiger partial charge in [-0.3, -0.25) is 14.6 Å². The smallest absolute Gasteiger partial charge is 0.230 e. The van der Waals surface area contributed by atoms with Crippen molar-refractivity contribution in [3.8, 4) is 0 Å². The van der Waals surface area contributed by atoms with Crippen LogP contribution in [0.5, 0.6) is 0 Å². The highest BCUT2D eigenvalue weighted by molar-refractivity contribution is 5.93. The van der Waals surface area contributed by atoms with Crippen LogP contribution in [-0.2, 0) is 25.5 Å². The van der Waals surface area contributed by atoms with Gasteiger partial charge in [0.2, 0.25) is 11.8 Å². The van der Waals surface area contributed by atoms with E-state index in [0.29, 0.717) is 32.7 Å². The Kier molecular flexibility index (Phi) is 4.74. The normalized spacial score (nSPS) is 30.8. The number of fused-ring (bicyclic) bond motifs is 1. The van der Waals surface area contributed by atoms with Crippen molar-refractivity contribution >= 4 is 11.8 Å². The number of likely N-dealkylation sites (N-methyl/N-ethyl adjacent to an activating group) is 1. The molecule has 4 heterocycles. The Labute approximate surface area is 158 Å². The van der Waals surface area contributed by atoms with E-state index in [1.807, 2.05) is 30.4 Å². The Bertz CT molecular complexity index is 753. The van der Waals surface area contributed by atoms with Crippen LogP contribution < -0.4 is 0 Å². The molecule has 7 heteroatoms. The van der Waals surface area contributed by atoms with E-state index < -0.39 is 17.4 Å². The number of hydrogen-bond donors (Lipinski definition) is 0. The summed E-state index contributed by atoms with van der Waals surface area (Å²) < 4.78 is 11.2. The predicted molar refractivity (Wildman–Crippen MR) is 97.8 cm³/mol. The van der Waals surface area contributed by atoms with Crippen LogP contribution in [0.4, 0.5) is 0 Å². The predicted octanol–water partition coefficient (Wildman–Crippen LogP) is 0.511. The van der Waals surface area contributed by atoms with E-state index in [1.54, 1.807) is 30.2 Å². The molecule has 3 aliphatic rings. The lowest BCUT2D eigenvalue weighted by Crippen LogP contribution is -2.45. The number of aromatic nitrogens is 1. The van der Waals surface area contributed by atoms with E-state index in [-0.39, 0.29) is 17.9 Å². The van der Waals surface area contributed by atoms with E-state index in [1.165, 1.54) is 0 Å². The molecule has 7 nitrogen and oxygen atoms in total. The summed E-state index contributed by atoms with van der Waals surface area (Å²) in [5.74, 6) is -0.928. The summed E-state index contributed by atoms with van der Waals surface area (Å²) in [4.78, 5) is 33.9. The van der Waals surface area contributed by atoms with Crippen LogP contribution in [0.2, 0.25) is 0 Å². The minimum absolute atomic E-state index is 0.00428. The molecule has 0 radical (unpaired) electrons. The number of pyridine rings is 1. The molecular weight excluding hydrogens is 346 g/mol. The molecule has 4 rings (SSSR count). The van der Waals surface area contributed by atoms with Gasteiger partial charge < -0.3 is 19.3 Å². The van der Waals surface area contributed by atoms with E-state index in [2.05, 4.69) is 4.98 Å². The average molecular weight is 371 g/mol. The van der Waals surface area contributed by atoms with Gasteiger partial charge in [-0.05, 0) is 12.1 Å². The Morgan fingerprint density at radius 1 is 1.48 bits per heavy atom. The van der Waals surface area contributed by atoms with Gasteiger partial charge in [-0.25, -0.2) is 0 Å². The zero-order valence-electron chi connectivity index (χ0n) is 15.7. The standard InChI is InChI=1S/C20H25N3O4/c1-22(10-7-14-5-3-4-9-21-14)18(24)16-15-6-8-20(27-15)13-23(11-12-26-2)19(25)17(16)20/h3-6,8-9,15-17H,7,10-13H2,1-2H3/t15-,16+,17-,20-/m0/s1. The van der Waals surface area contributed by atoms with Gasteiger partial charge in [0.15, 0.2) is 0 Å². The Morgan fingerprint density at radius 3 is 3.07 bits per heavy atom. The first-order chi connectivity index (χ1) is 13.1. The van der Waals surface area contributed by atoms with E-state index in [9.17, 15) is 9.59 Å². The topological polar surface area (TPSA) is 72.0 Å². The van der Waals surface area contributed by atoms with Gasteiger partial charge in [-0.1, -0.05) is 18.2 Å². The van der Waals surface area contributed by atoms with Gasteiger partial charge in [-0.2, -0.15) is 0 Å². The quantitative estimate of drug-likeness (QED) is 0.653. The largest absolute Gasteiger partial charge is 0.383 e. The third-order valence-corrected chi connectivity index (χ3v) is 5.83. The van der Waals surface area contributed by atoms with Crippen molar-refractivity contribution in [2.24, 2.45) is 11.8 Å². The molecule has 1 spiro atoms. The number of likely N-dealkylation sites (tertiary alicyclic amines) is 1. The summed E-state index contributed by atoms with van der Waals surface area (Å²) in [5.41, 5.74) is 0.290. The molecule has 3 aliphatic heterocycles. The lowest BCUT2D eigenvalue weighted by molar-refractivity contribution is -0.142. The summed E-state index contributed by atoms with van der Waals surface area (Å²) in [6.45, 7) is 2.05. The van der Waals surface area contributed by atoms with Crippen LogP contribution in [0.25, 0.3) is 0 Å². The molecule has 1 aromatic heterocycles. The molecule has 0 N–H and O–H groups in total. The lowest BCUT2D eigenvalue weighted by Gasteiger charge is -2.27.